The van der Waals surface area contributed by atoms with Crippen molar-refractivity contribution in [2.75, 3.05) is 0 Å². The fourth-order valence-corrected chi connectivity index (χ4v) is 9.50. The molecule has 0 saturated heterocycles. The van der Waals surface area contributed by atoms with Gasteiger partial charge in [-0.3, -0.25) is 0 Å². The normalized spacial score (nSPS) is 13.2. The SMILES string of the molecule is CC1(C)c2ccccc2-c2nc(-c3ccc(-n4c5ccccc5c5cc6ccccc6cc54)cc3)c(-c3ccc4c(c3)c3ccccc3n4-c3ccccc3)nc21. The van der Waals surface area contributed by atoms with Gasteiger partial charge < -0.3 is 9.13 Å². The maximum absolute atomic E-state index is 5.63. The molecule has 0 atom stereocenters. The Labute approximate surface area is 329 Å². The first kappa shape index (κ1) is 32.0. The van der Waals surface area contributed by atoms with Crippen LogP contribution >= 0.6 is 0 Å². The topological polar surface area (TPSA) is 35.6 Å². The molecule has 0 aliphatic heterocycles. The van der Waals surface area contributed by atoms with Crippen molar-refractivity contribution < 1.29 is 0 Å². The molecule has 0 bridgehead atoms. The highest BCUT2D eigenvalue weighted by atomic mass is 15.0. The van der Waals surface area contributed by atoms with Crippen LogP contribution in [0.3, 0.4) is 0 Å². The predicted molar refractivity (Wildman–Crippen MR) is 237 cm³/mol. The van der Waals surface area contributed by atoms with Crippen molar-refractivity contribution in [3.05, 3.63) is 193 Å². The molecule has 268 valence electrons. The van der Waals surface area contributed by atoms with Crippen molar-refractivity contribution in [3.63, 3.8) is 0 Å². The summed E-state index contributed by atoms with van der Waals surface area (Å²) in [4.78, 5) is 11.2. The van der Waals surface area contributed by atoms with Crippen LogP contribution in [0.5, 0.6) is 0 Å². The largest absolute Gasteiger partial charge is 0.309 e. The summed E-state index contributed by atoms with van der Waals surface area (Å²) in [6.07, 6.45) is 0. The zero-order valence-corrected chi connectivity index (χ0v) is 31.6. The third-order valence-electron chi connectivity index (χ3n) is 12.2. The predicted octanol–water partition coefficient (Wildman–Crippen LogP) is 13.5. The van der Waals surface area contributed by atoms with Gasteiger partial charge >= 0.3 is 0 Å². The number of benzene rings is 8. The van der Waals surface area contributed by atoms with Gasteiger partial charge in [0, 0.05) is 55.0 Å². The molecule has 0 N–H and O–H groups in total. The van der Waals surface area contributed by atoms with Crippen LogP contribution in [-0.4, -0.2) is 19.1 Å². The number of fused-ring (bicyclic) bond motifs is 10. The van der Waals surface area contributed by atoms with Gasteiger partial charge in [0.2, 0.25) is 0 Å². The van der Waals surface area contributed by atoms with Crippen LogP contribution in [0.1, 0.15) is 25.1 Å². The Bertz CT molecular complexity index is 3420. The Morgan fingerprint density at radius 2 is 0.930 bits per heavy atom. The fourth-order valence-electron chi connectivity index (χ4n) is 9.50. The van der Waals surface area contributed by atoms with Crippen LogP contribution in [-0.2, 0) is 5.41 Å². The molecule has 1 aliphatic rings. The minimum Gasteiger partial charge on any atom is -0.309 e. The Morgan fingerprint density at radius 1 is 0.386 bits per heavy atom. The van der Waals surface area contributed by atoms with Gasteiger partial charge in [0.05, 0.1) is 44.8 Å². The molecular weight excluding hydrogens is 693 g/mol. The van der Waals surface area contributed by atoms with E-state index in [1.165, 1.54) is 54.4 Å². The van der Waals surface area contributed by atoms with E-state index in [2.05, 4.69) is 205 Å². The molecule has 4 nitrogen and oxygen atoms in total. The minimum atomic E-state index is -0.287. The highest BCUT2D eigenvalue weighted by Gasteiger charge is 2.39. The molecule has 0 spiro atoms. The molecule has 12 rings (SSSR count). The van der Waals surface area contributed by atoms with Crippen molar-refractivity contribution in [2.24, 2.45) is 0 Å². The first-order chi connectivity index (χ1) is 28.0. The van der Waals surface area contributed by atoms with E-state index in [9.17, 15) is 0 Å². The second kappa shape index (κ2) is 11.8. The van der Waals surface area contributed by atoms with E-state index < -0.39 is 0 Å². The van der Waals surface area contributed by atoms with E-state index in [1.54, 1.807) is 0 Å². The molecule has 4 heteroatoms. The van der Waals surface area contributed by atoms with Gasteiger partial charge in [-0.25, -0.2) is 9.97 Å². The monoisotopic (exact) mass is 728 g/mol. The summed E-state index contributed by atoms with van der Waals surface area (Å²) in [5, 5.41) is 7.39. The molecule has 8 aromatic carbocycles. The molecule has 0 unspecified atom stereocenters. The maximum Gasteiger partial charge on any atom is 0.0973 e. The first-order valence-corrected chi connectivity index (χ1v) is 19.7. The smallest absolute Gasteiger partial charge is 0.0973 e. The Hall–Kier alpha value is -7.30. The van der Waals surface area contributed by atoms with Crippen molar-refractivity contribution >= 4 is 54.4 Å². The summed E-state index contributed by atoms with van der Waals surface area (Å²) in [5.41, 5.74) is 15.0. The zero-order valence-electron chi connectivity index (χ0n) is 31.6. The summed E-state index contributed by atoms with van der Waals surface area (Å²) in [6.45, 7) is 4.55. The lowest BCUT2D eigenvalue weighted by Gasteiger charge is -2.21. The Balaban J connectivity index is 1.07. The molecule has 0 radical (unpaired) electrons. The van der Waals surface area contributed by atoms with Crippen molar-refractivity contribution in [1.82, 2.24) is 19.1 Å². The van der Waals surface area contributed by atoms with Crippen LogP contribution in [0, 0.1) is 0 Å². The Kier molecular flexibility index (Phi) is 6.65. The number of aromatic nitrogens is 4. The summed E-state index contributed by atoms with van der Waals surface area (Å²) < 4.78 is 4.75. The van der Waals surface area contributed by atoms with Gasteiger partial charge in [0.25, 0.3) is 0 Å². The second-order valence-electron chi connectivity index (χ2n) is 15.8. The summed E-state index contributed by atoms with van der Waals surface area (Å²) >= 11 is 0. The van der Waals surface area contributed by atoms with Crippen molar-refractivity contribution in [1.29, 1.82) is 0 Å². The quantitative estimate of drug-likeness (QED) is 0.181. The molecule has 1 aliphatic carbocycles. The summed E-state index contributed by atoms with van der Waals surface area (Å²) in [5.74, 6) is 0. The zero-order chi connectivity index (χ0) is 37.8. The molecular formula is C53H36N4. The molecule has 0 saturated carbocycles. The average Bonchev–Trinajstić information content (AvgIpc) is 3.85. The third-order valence-corrected chi connectivity index (χ3v) is 12.2. The van der Waals surface area contributed by atoms with E-state index in [1.807, 2.05) is 0 Å². The van der Waals surface area contributed by atoms with Gasteiger partial charge in [-0.1, -0.05) is 135 Å². The number of rotatable bonds is 4. The molecule has 3 heterocycles. The Morgan fingerprint density at radius 3 is 1.68 bits per heavy atom. The number of para-hydroxylation sites is 3. The number of hydrogen-bond donors (Lipinski definition) is 0. The molecule has 0 fully saturated rings. The lowest BCUT2D eigenvalue weighted by Crippen LogP contribution is -2.17. The van der Waals surface area contributed by atoms with Crippen LogP contribution < -0.4 is 0 Å². The minimum absolute atomic E-state index is 0.287. The van der Waals surface area contributed by atoms with Gasteiger partial charge in [-0.15, -0.1) is 0 Å². The van der Waals surface area contributed by atoms with E-state index >= 15 is 0 Å². The highest BCUT2D eigenvalue weighted by Crippen LogP contribution is 2.49. The van der Waals surface area contributed by atoms with Crippen molar-refractivity contribution in [3.8, 4) is 45.1 Å². The molecule has 57 heavy (non-hydrogen) atoms. The van der Waals surface area contributed by atoms with Gasteiger partial charge in [0.15, 0.2) is 0 Å². The first-order valence-electron chi connectivity index (χ1n) is 19.7. The molecule has 3 aromatic heterocycles. The van der Waals surface area contributed by atoms with Crippen molar-refractivity contribution in [2.45, 2.75) is 19.3 Å². The number of nitrogens with zero attached hydrogens (tertiary/aromatic N) is 4. The summed E-state index contributed by atoms with van der Waals surface area (Å²) in [7, 11) is 0. The van der Waals surface area contributed by atoms with Crippen LogP contribution in [0.4, 0.5) is 0 Å². The highest BCUT2D eigenvalue weighted by molar-refractivity contribution is 6.14. The van der Waals surface area contributed by atoms with Gasteiger partial charge in [0.1, 0.15) is 0 Å². The summed E-state index contributed by atoms with van der Waals surface area (Å²) in [6, 6.07) is 65.7. The van der Waals surface area contributed by atoms with E-state index in [0.29, 0.717) is 0 Å². The maximum atomic E-state index is 5.63. The van der Waals surface area contributed by atoms with Crippen LogP contribution in [0.2, 0.25) is 0 Å². The molecule has 0 amide bonds. The van der Waals surface area contributed by atoms with Gasteiger partial charge in [-0.2, -0.15) is 0 Å². The lowest BCUT2D eigenvalue weighted by atomic mass is 9.85. The van der Waals surface area contributed by atoms with Crippen LogP contribution in [0.15, 0.2) is 182 Å². The van der Waals surface area contributed by atoms with Gasteiger partial charge in [-0.05, 0) is 77.0 Å². The molecule has 11 aromatic rings. The van der Waals surface area contributed by atoms with E-state index in [0.717, 1.165) is 56.4 Å². The third kappa shape index (κ3) is 4.62. The lowest BCUT2D eigenvalue weighted by molar-refractivity contribution is 0.636. The average molecular weight is 729 g/mol. The second-order valence-corrected chi connectivity index (χ2v) is 15.8. The fraction of sp³-hybridized carbons (Fsp3) is 0.0566. The van der Waals surface area contributed by atoms with E-state index in [4.69, 9.17) is 9.97 Å². The number of hydrogen-bond acceptors (Lipinski definition) is 2. The van der Waals surface area contributed by atoms with E-state index in [-0.39, 0.29) is 5.41 Å². The standard InChI is InChI=1S/C53H36N4/c1-53(2)44-21-11-8-20-41(44)51-52(53)55-50(36-26-29-47-42(31-36)39-18-9-12-22-45(39)56(47)37-16-4-3-5-17-37)49(54-51)33-24-27-38(28-25-33)57-46-23-13-10-19-40(46)43-30-34-14-6-7-15-35(34)32-48(43)57/h3-32H,1-2H3. The van der Waals surface area contributed by atoms with Crippen LogP contribution in [0.25, 0.3) is 99.5 Å².